The Balaban J connectivity index is 2.74. The number of Topliss-reactive ketones (excluding diaryl/α,β-unsaturated/α-hetero) is 2. The fourth-order valence-corrected chi connectivity index (χ4v) is 1.99. The van der Waals surface area contributed by atoms with Gasteiger partial charge in [0.1, 0.15) is 0 Å². The molecule has 1 aliphatic rings. The highest BCUT2D eigenvalue weighted by Crippen LogP contribution is 2.38. The van der Waals surface area contributed by atoms with E-state index in [0.717, 1.165) is 0 Å². The van der Waals surface area contributed by atoms with Crippen LogP contribution in [-0.2, 0) is 4.74 Å². The number of ketones is 2. The van der Waals surface area contributed by atoms with Crippen LogP contribution in [0.25, 0.3) is 0 Å². The van der Waals surface area contributed by atoms with Crippen molar-refractivity contribution in [3.8, 4) is 11.5 Å². The molecule has 1 aliphatic carbocycles. The number of methoxy groups -OCH3 is 2. The molecule has 1 N–H and O–H groups in total. The van der Waals surface area contributed by atoms with E-state index in [2.05, 4.69) is 0 Å². The molecule has 0 saturated heterocycles. The Morgan fingerprint density at radius 2 is 1.72 bits per heavy atom. The number of aromatic hydroxyl groups is 1. The molecule has 0 bridgehead atoms. The zero-order valence-corrected chi connectivity index (χ0v) is 10.2. The van der Waals surface area contributed by atoms with Crippen LogP contribution in [0.15, 0.2) is 23.5 Å². The fraction of sp³-hybridized carbons (Fsp3) is 0.231. The van der Waals surface area contributed by atoms with Gasteiger partial charge in [-0.25, -0.2) is 0 Å². The molecule has 18 heavy (non-hydrogen) atoms. The van der Waals surface area contributed by atoms with E-state index in [1.165, 1.54) is 33.3 Å². The second kappa shape index (κ2) is 4.18. The summed E-state index contributed by atoms with van der Waals surface area (Å²) < 4.78 is 9.85. The molecule has 0 heterocycles. The monoisotopic (exact) mass is 248 g/mol. The van der Waals surface area contributed by atoms with E-state index in [1.807, 2.05) is 0 Å². The number of benzene rings is 1. The molecule has 0 spiro atoms. The van der Waals surface area contributed by atoms with Crippen LogP contribution in [0.1, 0.15) is 27.6 Å². The average molecular weight is 248 g/mol. The summed E-state index contributed by atoms with van der Waals surface area (Å²) in [4.78, 5) is 24.2. The van der Waals surface area contributed by atoms with Crippen molar-refractivity contribution in [2.24, 2.45) is 0 Å². The molecule has 1 aromatic carbocycles. The van der Waals surface area contributed by atoms with Gasteiger partial charge in [-0.3, -0.25) is 9.59 Å². The summed E-state index contributed by atoms with van der Waals surface area (Å²) in [6.07, 6.45) is 0. The van der Waals surface area contributed by atoms with Crippen molar-refractivity contribution in [2.45, 2.75) is 6.92 Å². The predicted molar refractivity (Wildman–Crippen MR) is 63.0 cm³/mol. The Kier molecular flexibility index (Phi) is 2.82. The lowest BCUT2D eigenvalue weighted by atomic mass is 9.88. The van der Waals surface area contributed by atoms with Gasteiger partial charge in [-0.2, -0.15) is 0 Å². The first-order valence-corrected chi connectivity index (χ1v) is 5.27. The van der Waals surface area contributed by atoms with Gasteiger partial charge in [0.2, 0.25) is 5.78 Å². The quantitative estimate of drug-likeness (QED) is 0.862. The largest absolute Gasteiger partial charge is 0.504 e. The van der Waals surface area contributed by atoms with E-state index in [4.69, 9.17) is 9.47 Å². The second-order valence-corrected chi connectivity index (χ2v) is 3.86. The summed E-state index contributed by atoms with van der Waals surface area (Å²) in [7, 11) is 2.68. The Labute approximate surface area is 104 Å². The molecule has 0 unspecified atom stereocenters. The van der Waals surface area contributed by atoms with E-state index in [-0.39, 0.29) is 39.7 Å². The third kappa shape index (κ3) is 1.48. The third-order valence-electron chi connectivity index (χ3n) is 2.92. The standard InChI is InChI=1S/C13H12O5/c1-6-10(14)7-4-5-8(17-2)11(15)9(7)12(16)13(6)18-3/h4-5,15H,1-3H3. The molecule has 0 fully saturated rings. The van der Waals surface area contributed by atoms with Gasteiger partial charge in [0.05, 0.1) is 19.8 Å². The van der Waals surface area contributed by atoms with Crippen molar-refractivity contribution in [2.75, 3.05) is 14.2 Å². The number of phenols is 1. The molecular weight excluding hydrogens is 236 g/mol. The minimum absolute atomic E-state index is 0.0453. The lowest BCUT2D eigenvalue weighted by Gasteiger charge is -2.19. The summed E-state index contributed by atoms with van der Waals surface area (Å²) in [5.74, 6) is -1.09. The van der Waals surface area contributed by atoms with Crippen molar-refractivity contribution in [3.05, 3.63) is 34.6 Å². The van der Waals surface area contributed by atoms with Crippen LogP contribution in [-0.4, -0.2) is 30.9 Å². The number of allylic oxidation sites excluding steroid dienone is 2. The smallest absolute Gasteiger partial charge is 0.232 e. The Morgan fingerprint density at radius 1 is 1.06 bits per heavy atom. The van der Waals surface area contributed by atoms with Gasteiger partial charge >= 0.3 is 0 Å². The van der Waals surface area contributed by atoms with Crippen LogP contribution >= 0.6 is 0 Å². The van der Waals surface area contributed by atoms with Crippen LogP contribution in [0.4, 0.5) is 0 Å². The zero-order chi connectivity index (χ0) is 13.4. The highest BCUT2D eigenvalue weighted by Gasteiger charge is 2.34. The zero-order valence-electron chi connectivity index (χ0n) is 10.2. The maximum absolute atomic E-state index is 12.1. The summed E-state index contributed by atoms with van der Waals surface area (Å²) in [5.41, 5.74) is 0.331. The van der Waals surface area contributed by atoms with Crippen LogP contribution < -0.4 is 4.74 Å². The molecule has 1 aromatic rings. The van der Waals surface area contributed by atoms with E-state index in [9.17, 15) is 14.7 Å². The minimum Gasteiger partial charge on any atom is -0.504 e. The van der Waals surface area contributed by atoms with Gasteiger partial charge in [-0.05, 0) is 19.1 Å². The van der Waals surface area contributed by atoms with Crippen molar-refractivity contribution >= 4 is 11.6 Å². The van der Waals surface area contributed by atoms with E-state index < -0.39 is 5.78 Å². The minimum atomic E-state index is -0.513. The highest BCUT2D eigenvalue weighted by atomic mass is 16.5. The number of carbonyl (C=O) groups is 2. The summed E-state index contributed by atoms with van der Waals surface area (Å²) >= 11 is 0. The SMILES string of the molecule is COC1=C(C)C(=O)c2ccc(OC)c(O)c2C1=O. The summed E-state index contributed by atoms with van der Waals surface area (Å²) in [5, 5.41) is 9.95. The van der Waals surface area contributed by atoms with Crippen molar-refractivity contribution in [3.63, 3.8) is 0 Å². The van der Waals surface area contributed by atoms with Gasteiger partial charge in [0.25, 0.3) is 0 Å². The van der Waals surface area contributed by atoms with E-state index >= 15 is 0 Å². The van der Waals surface area contributed by atoms with Crippen LogP contribution in [0.3, 0.4) is 0 Å². The number of rotatable bonds is 2. The predicted octanol–water partition coefficient (Wildman–Crippen LogP) is 1.70. The first-order chi connectivity index (χ1) is 8.52. The molecule has 0 amide bonds. The van der Waals surface area contributed by atoms with Crippen LogP contribution in [0, 0.1) is 0 Å². The first-order valence-electron chi connectivity index (χ1n) is 5.27. The van der Waals surface area contributed by atoms with Gasteiger partial charge < -0.3 is 14.6 Å². The Bertz CT molecular complexity index is 583. The molecule has 5 nitrogen and oxygen atoms in total. The number of hydrogen-bond donors (Lipinski definition) is 1. The molecule has 0 atom stereocenters. The van der Waals surface area contributed by atoms with E-state index in [0.29, 0.717) is 0 Å². The number of fused-ring (bicyclic) bond motifs is 1. The lowest BCUT2D eigenvalue weighted by Crippen LogP contribution is -2.22. The molecule has 5 heteroatoms. The van der Waals surface area contributed by atoms with Crippen molar-refractivity contribution in [1.82, 2.24) is 0 Å². The average Bonchev–Trinajstić information content (AvgIpc) is 2.36. The Hall–Kier alpha value is -2.30. The van der Waals surface area contributed by atoms with Crippen LogP contribution in [0.5, 0.6) is 11.5 Å². The normalized spacial score (nSPS) is 14.6. The topological polar surface area (TPSA) is 72.8 Å². The summed E-state index contributed by atoms with van der Waals surface area (Å²) in [6, 6.07) is 2.91. The molecule has 0 aliphatic heterocycles. The van der Waals surface area contributed by atoms with Gasteiger partial charge in [-0.15, -0.1) is 0 Å². The van der Waals surface area contributed by atoms with Crippen molar-refractivity contribution in [1.29, 1.82) is 0 Å². The number of hydrogen-bond acceptors (Lipinski definition) is 5. The maximum atomic E-state index is 12.1. The number of phenolic OH excluding ortho intramolecular Hbond substituents is 1. The molecule has 94 valence electrons. The maximum Gasteiger partial charge on any atom is 0.232 e. The fourth-order valence-electron chi connectivity index (χ4n) is 1.99. The molecule has 2 rings (SSSR count). The first kappa shape index (κ1) is 12.2. The molecular formula is C13H12O5. The van der Waals surface area contributed by atoms with E-state index in [1.54, 1.807) is 0 Å². The third-order valence-corrected chi connectivity index (χ3v) is 2.92. The number of carbonyl (C=O) groups excluding carboxylic acids is 2. The Morgan fingerprint density at radius 3 is 2.28 bits per heavy atom. The molecule has 0 radical (unpaired) electrons. The highest BCUT2D eigenvalue weighted by molar-refractivity contribution is 6.27. The number of ether oxygens (including phenoxy) is 2. The summed E-state index contributed by atoms with van der Waals surface area (Å²) in [6.45, 7) is 1.52. The van der Waals surface area contributed by atoms with Gasteiger partial charge in [-0.1, -0.05) is 0 Å². The second-order valence-electron chi connectivity index (χ2n) is 3.86. The lowest BCUT2D eigenvalue weighted by molar-refractivity contribution is 0.0902. The van der Waals surface area contributed by atoms with Crippen molar-refractivity contribution < 1.29 is 24.2 Å². The van der Waals surface area contributed by atoms with Gasteiger partial charge in [0, 0.05) is 11.1 Å². The van der Waals surface area contributed by atoms with Crippen LogP contribution in [0.2, 0.25) is 0 Å². The molecule has 0 saturated carbocycles. The van der Waals surface area contributed by atoms with Gasteiger partial charge in [0.15, 0.2) is 23.0 Å². The molecule has 0 aromatic heterocycles.